The standard InChI is InChI=1S/C19H12FNO4/c20-12-3-5-16-14(8-12)15(19(23)21-16)9-13(22)4-1-11-2-6-17-18(7-11)25-10-24-17/h1-9H,10H2,(H,21,23). The highest BCUT2D eigenvalue weighted by Crippen LogP contribution is 2.33. The van der Waals surface area contributed by atoms with E-state index in [0.717, 1.165) is 5.56 Å². The lowest BCUT2D eigenvalue weighted by Gasteiger charge is -1.98. The van der Waals surface area contributed by atoms with E-state index in [1.807, 2.05) is 0 Å². The lowest BCUT2D eigenvalue weighted by Crippen LogP contribution is -2.05. The van der Waals surface area contributed by atoms with Gasteiger partial charge in [-0.3, -0.25) is 9.59 Å². The average molecular weight is 337 g/mol. The lowest BCUT2D eigenvalue weighted by molar-refractivity contribution is -0.112. The van der Waals surface area contributed by atoms with E-state index in [4.69, 9.17) is 9.47 Å². The SMILES string of the molecule is O=C(C=Cc1ccc2c(c1)OCO2)C=C1C(=O)Nc2ccc(F)cc21. The normalized spacial score (nSPS) is 16.4. The van der Waals surface area contributed by atoms with E-state index in [2.05, 4.69) is 5.32 Å². The van der Waals surface area contributed by atoms with Crippen LogP contribution in [0, 0.1) is 5.82 Å². The maximum absolute atomic E-state index is 13.4. The van der Waals surface area contributed by atoms with Crippen molar-refractivity contribution in [3.05, 3.63) is 65.5 Å². The number of allylic oxidation sites excluding steroid dienone is 2. The van der Waals surface area contributed by atoms with E-state index >= 15 is 0 Å². The third-order valence-electron chi connectivity index (χ3n) is 3.89. The zero-order valence-corrected chi connectivity index (χ0v) is 12.9. The minimum Gasteiger partial charge on any atom is -0.454 e. The molecular formula is C19H12FNO4. The number of ether oxygens (including phenoxy) is 2. The number of benzene rings is 2. The van der Waals surface area contributed by atoms with Crippen molar-refractivity contribution in [1.82, 2.24) is 0 Å². The Hall–Kier alpha value is -3.41. The van der Waals surface area contributed by atoms with Gasteiger partial charge in [0.1, 0.15) is 5.82 Å². The van der Waals surface area contributed by atoms with Gasteiger partial charge in [-0.2, -0.15) is 0 Å². The third kappa shape index (κ3) is 2.89. The molecule has 0 saturated carbocycles. The van der Waals surface area contributed by atoms with Gasteiger partial charge in [0.2, 0.25) is 6.79 Å². The minimum atomic E-state index is -0.468. The average Bonchev–Trinajstić information content (AvgIpc) is 3.17. The second-order valence-electron chi connectivity index (χ2n) is 5.55. The molecule has 6 heteroatoms. The van der Waals surface area contributed by atoms with Crippen LogP contribution in [0.3, 0.4) is 0 Å². The van der Waals surface area contributed by atoms with E-state index in [-0.39, 0.29) is 18.1 Å². The molecule has 2 heterocycles. The number of carbonyl (C=O) groups is 2. The van der Waals surface area contributed by atoms with E-state index in [1.54, 1.807) is 24.3 Å². The zero-order chi connectivity index (χ0) is 17.4. The number of amides is 1. The van der Waals surface area contributed by atoms with Gasteiger partial charge in [-0.1, -0.05) is 12.1 Å². The first-order chi connectivity index (χ1) is 12.1. The molecule has 0 radical (unpaired) electrons. The van der Waals surface area contributed by atoms with Crippen molar-refractivity contribution in [3.63, 3.8) is 0 Å². The minimum absolute atomic E-state index is 0.148. The molecule has 0 aromatic heterocycles. The van der Waals surface area contributed by atoms with Crippen molar-refractivity contribution in [2.45, 2.75) is 0 Å². The Balaban J connectivity index is 1.57. The molecule has 0 atom stereocenters. The first-order valence-electron chi connectivity index (χ1n) is 7.55. The lowest BCUT2D eigenvalue weighted by atomic mass is 10.1. The largest absolute Gasteiger partial charge is 0.454 e. The monoisotopic (exact) mass is 337 g/mol. The van der Waals surface area contributed by atoms with Gasteiger partial charge in [-0.25, -0.2) is 4.39 Å². The Kier molecular flexibility index (Phi) is 3.57. The number of ketones is 1. The summed E-state index contributed by atoms with van der Waals surface area (Å²) in [5.74, 6) is 0.00856. The molecule has 5 nitrogen and oxygen atoms in total. The van der Waals surface area contributed by atoms with Crippen molar-refractivity contribution in [2.75, 3.05) is 12.1 Å². The Labute approximate surface area is 142 Å². The van der Waals surface area contributed by atoms with E-state index in [1.165, 1.54) is 30.4 Å². The number of halogens is 1. The van der Waals surface area contributed by atoms with Crippen LogP contribution in [0.5, 0.6) is 11.5 Å². The molecule has 1 N–H and O–H groups in total. The number of rotatable bonds is 3. The highest BCUT2D eigenvalue weighted by molar-refractivity contribution is 6.34. The molecular weight excluding hydrogens is 325 g/mol. The third-order valence-corrected chi connectivity index (χ3v) is 3.89. The molecule has 2 aromatic rings. The van der Waals surface area contributed by atoms with Gasteiger partial charge < -0.3 is 14.8 Å². The second kappa shape index (κ2) is 5.90. The zero-order valence-electron chi connectivity index (χ0n) is 12.9. The number of fused-ring (bicyclic) bond motifs is 2. The van der Waals surface area contributed by atoms with Gasteiger partial charge in [0.15, 0.2) is 17.3 Å². The number of hydrogen-bond acceptors (Lipinski definition) is 4. The second-order valence-corrected chi connectivity index (χ2v) is 5.55. The van der Waals surface area contributed by atoms with Crippen molar-refractivity contribution >= 4 is 29.0 Å². The Bertz CT molecular complexity index is 962. The number of hydrogen-bond donors (Lipinski definition) is 1. The van der Waals surface area contributed by atoms with Gasteiger partial charge >= 0.3 is 0 Å². The smallest absolute Gasteiger partial charge is 0.256 e. The highest BCUT2D eigenvalue weighted by atomic mass is 19.1. The molecule has 0 saturated heterocycles. The Morgan fingerprint density at radius 2 is 1.96 bits per heavy atom. The van der Waals surface area contributed by atoms with E-state index in [0.29, 0.717) is 22.7 Å². The van der Waals surface area contributed by atoms with Crippen LogP contribution in [0.4, 0.5) is 10.1 Å². The van der Waals surface area contributed by atoms with Crippen molar-refractivity contribution in [3.8, 4) is 11.5 Å². The van der Waals surface area contributed by atoms with Gasteiger partial charge in [0, 0.05) is 11.3 Å². The Morgan fingerprint density at radius 1 is 1.12 bits per heavy atom. The van der Waals surface area contributed by atoms with Crippen LogP contribution in [0.2, 0.25) is 0 Å². The molecule has 124 valence electrons. The molecule has 25 heavy (non-hydrogen) atoms. The van der Waals surface area contributed by atoms with Gasteiger partial charge in [0.25, 0.3) is 5.91 Å². The summed E-state index contributed by atoms with van der Waals surface area (Å²) in [5, 5.41) is 2.60. The van der Waals surface area contributed by atoms with Gasteiger partial charge in [-0.15, -0.1) is 0 Å². The fraction of sp³-hybridized carbons (Fsp3) is 0.0526. The molecule has 2 aromatic carbocycles. The molecule has 2 aliphatic rings. The molecule has 0 spiro atoms. The summed E-state index contributed by atoms with van der Waals surface area (Å²) >= 11 is 0. The van der Waals surface area contributed by atoms with Gasteiger partial charge in [0.05, 0.1) is 5.57 Å². The number of carbonyl (C=O) groups excluding carboxylic acids is 2. The van der Waals surface area contributed by atoms with Crippen molar-refractivity contribution < 1.29 is 23.5 Å². The van der Waals surface area contributed by atoms with Crippen molar-refractivity contribution in [2.24, 2.45) is 0 Å². The number of nitrogens with one attached hydrogen (secondary N) is 1. The summed E-state index contributed by atoms with van der Waals surface area (Å²) in [6.45, 7) is 0.179. The predicted molar refractivity (Wildman–Crippen MR) is 89.6 cm³/mol. The molecule has 0 bridgehead atoms. The maximum Gasteiger partial charge on any atom is 0.256 e. The first-order valence-corrected chi connectivity index (χ1v) is 7.55. The molecule has 4 rings (SSSR count). The van der Waals surface area contributed by atoms with Crippen LogP contribution in [0.25, 0.3) is 11.6 Å². The fourth-order valence-corrected chi connectivity index (χ4v) is 2.69. The Morgan fingerprint density at radius 3 is 2.84 bits per heavy atom. The van der Waals surface area contributed by atoms with Crippen LogP contribution >= 0.6 is 0 Å². The number of anilines is 1. The van der Waals surface area contributed by atoms with Crippen LogP contribution in [-0.4, -0.2) is 18.5 Å². The first kappa shape index (κ1) is 15.1. The van der Waals surface area contributed by atoms with Crippen LogP contribution in [-0.2, 0) is 9.59 Å². The molecule has 0 unspecified atom stereocenters. The van der Waals surface area contributed by atoms with Crippen LogP contribution in [0.1, 0.15) is 11.1 Å². The summed E-state index contributed by atoms with van der Waals surface area (Å²) in [6.07, 6.45) is 4.15. The highest BCUT2D eigenvalue weighted by Gasteiger charge is 2.25. The van der Waals surface area contributed by atoms with Crippen LogP contribution < -0.4 is 14.8 Å². The molecule has 1 amide bonds. The fourth-order valence-electron chi connectivity index (χ4n) is 2.69. The summed E-state index contributed by atoms with van der Waals surface area (Å²) < 4.78 is 23.9. The molecule has 0 aliphatic carbocycles. The topological polar surface area (TPSA) is 64.6 Å². The molecule has 2 aliphatic heterocycles. The quantitative estimate of drug-likeness (QED) is 0.874. The summed E-state index contributed by atoms with van der Waals surface area (Å²) in [4.78, 5) is 24.1. The van der Waals surface area contributed by atoms with Crippen LogP contribution in [0.15, 0.2) is 48.6 Å². The predicted octanol–water partition coefficient (Wildman–Crippen LogP) is 3.17. The van der Waals surface area contributed by atoms with Gasteiger partial charge in [-0.05, 0) is 48.0 Å². The summed E-state index contributed by atoms with van der Waals surface area (Å²) in [5.41, 5.74) is 1.79. The van der Waals surface area contributed by atoms with E-state index < -0.39 is 11.7 Å². The summed E-state index contributed by atoms with van der Waals surface area (Å²) in [7, 11) is 0. The molecule has 0 fully saturated rings. The maximum atomic E-state index is 13.4. The van der Waals surface area contributed by atoms with Crippen molar-refractivity contribution in [1.29, 1.82) is 0 Å². The summed E-state index contributed by atoms with van der Waals surface area (Å²) in [6, 6.07) is 9.26. The van der Waals surface area contributed by atoms with E-state index in [9.17, 15) is 14.0 Å².